The van der Waals surface area contributed by atoms with Gasteiger partial charge in [-0.15, -0.1) is 0 Å². The fourth-order valence-electron chi connectivity index (χ4n) is 5.63. The minimum absolute atomic E-state index is 0.132. The standard InChI is InChI=1S/C20H16O7/c21-12-7-8-13(22)19-18(12,27-19)16(23)15-17(24-15)20(19)25-10-5-1-3-9-4-2-6-11(26-20)14(9)10/h1-6,12,15-17,21,23H,7-8H2/t12?,15-,16+,17-,18+,19+/m1/s1. The first-order chi connectivity index (χ1) is 13.1. The number of ketones is 1. The normalized spacial score (nSPS) is 44.6. The summed E-state index contributed by atoms with van der Waals surface area (Å²) in [4.78, 5) is 13.1. The second kappa shape index (κ2) is 4.12. The van der Waals surface area contributed by atoms with Crippen LogP contribution in [0.5, 0.6) is 11.5 Å². The van der Waals surface area contributed by atoms with E-state index in [1.807, 2.05) is 36.4 Å². The number of epoxide rings is 2. The number of aliphatic hydroxyl groups is 2. The molecule has 4 fully saturated rings. The summed E-state index contributed by atoms with van der Waals surface area (Å²) in [7, 11) is 0. The quantitative estimate of drug-likeness (QED) is 0.660. The van der Waals surface area contributed by atoms with E-state index in [2.05, 4.69) is 0 Å². The Morgan fingerprint density at radius 3 is 2.44 bits per heavy atom. The van der Waals surface area contributed by atoms with Gasteiger partial charge >= 0.3 is 5.79 Å². The van der Waals surface area contributed by atoms with E-state index in [-0.39, 0.29) is 18.6 Å². The molecule has 138 valence electrons. The molecule has 3 heterocycles. The van der Waals surface area contributed by atoms with Gasteiger partial charge in [-0.3, -0.25) is 4.79 Å². The van der Waals surface area contributed by atoms with Crippen LogP contribution in [0.3, 0.4) is 0 Å². The predicted molar refractivity (Wildman–Crippen MR) is 89.4 cm³/mol. The van der Waals surface area contributed by atoms with Crippen LogP contribution in [0.1, 0.15) is 12.8 Å². The topological polar surface area (TPSA) is 101 Å². The van der Waals surface area contributed by atoms with Crippen LogP contribution in [0, 0.1) is 0 Å². The molecule has 7 heteroatoms. The third kappa shape index (κ3) is 1.31. The number of benzene rings is 2. The van der Waals surface area contributed by atoms with Gasteiger partial charge in [0.15, 0.2) is 17.5 Å². The highest BCUT2D eigenvalue weighted by molar-refractivity contribution is 5.98. The van der Waals surface area contributed by atoms with Crippen LogP contribution in [-0.4, -0.2) is 57.4 Å². The van der Waals surface area contributed by atoms with Crippen LogP contribution in [-0.2, 0) is 14.3 Å². The Labute approximate surface area is 153 Å². The lowest BCUT2D eigenvalue weighted by molar-refractivity contribution is -0.196. The van der Waals surface area contributed by atoms with Crippen molar-refractivity contribution in [2.75, 3.05) is 0 Å². The van der Waals surface area contributed by atoms with Crippen molar-refractivity contribution in [3.05, 3.63) is 36.4 Å². The van der Waals surface area contributed by atoms with Gasteiger partial charge in [-0.05, 0) is 23.9 Å². The molecule has 0 bridgehead atoms. The zero-order valence-electron chi connectivity index (χ0n) is 14.1. The van der Waals surface area contributed by atoms with Gasteiger partial charge in [0.1, 0.15) is 23.7 Å². The maximum Gasteiger partial charge on any atom is 0.320 e. The van der Waals surface area contributed by atoms with Gasteiger partial charge in [-0.1, -0.05) is 24.3 Å². The average molecular weight is 368 g/mol. The predicted octanol–water partition coefficient (Wildman–Crippen LogP) is 0.681. The molecule has 2 saturated carbocycles. The first-order valence-corrected chi connectivity index (χ1v) is 9.20. The Morgan fingerprint density at radius 2 is 1.74 bits per heavy atom. The molecular formula is C20H16O7. The number of carbonyl (C=O) groups is 1. The number of hydrogen-bond donors (Lipinski definition) is 2. The lowest BCUT2D eigenvalue weighted by Gasteiger charge is -2.46. The first-order valence-electron chi connectivity index (χ1n) is 9.20. The molecule has 1 unspecified atom stereocenters. The maximum absolute atomic E-state index is 13.1. The molecule has 2 N–H and O–H groups in total. The molecule has 2 aromatic rings. The number of Topliss-reactive ketones (excluding diaryl/α,β-unsaturated/α-hetero) is 1. The van der Waals surface area contributed by atoms with E-state index < -0.39 is 41.4 Å². The van der Waals surface area contributed by atoms with Gasteiger partial charge in [0.2, 0.25) is 5.60 Å². The molecule has 2 aromatic carbocycles. The highest BCUT2D eigenvalue weighted by Crippen LogP contribution is 2.72. The van der Waals surface area contributed by atoms with Crippen molar-refractivity contribution in [3.63, 3.8) is 0 Å². The largest absolute Gasteiger partial charge is 0.446 e. The smallest absolute Gasteiger partial charge is 0.320 e. The summed E-state index contributed by atoms with van der Waals surface area (Å²) in [6.07, 6.45) is -2.99. The van der Waals surface area contributed by atoms with Crippen LogP contribution in [0.2, 0.25) is 0 Å². The van der Waals surface area contributed by atoms with Crippen LogP contribution in [0.15, 0.2) is 36.4 Å². The SMILES string of the molecule is O=C1CCC(O)[C@@]23O[C@@]12C1(Oc2cccc4cccc(c24)O1)[C@@H]1O[C@@H]1[C@@H]3O. The number of rotatable bonds is 0. The highest BCUT2D eigenvalue weighted by Gasteiger charge is 2.99. The summed E-state index contributed by atoms with van der Waals surface area (Å²) in [5.41, 5.74) is -3.02. The minimum Gasteiger partial charge on any atom is -0.446 e. The molecule has 0 radical (unpaired) electrons. The van der Waals surface area contributed by atoms with Crippen molar-refractivity contribution in [1.82, 2.24) is 0 Å². The lowest BCUT2D eigenvalue weighted by Crippen LogP contribution is -2.74. The van der Waals surface area contributed by atoms with E-state index in [9.17, 15) is 15.0 Å². The molecule has 0 amide bonds. The highest BCUT2D eigenvalue weighted by atomic mass is 16.8. The van der Waals surface area contributed by atoms with E-state index in [0.717, 1.165) is 10.8 Å². The third-order valence-corrected chi connectivity index (χ3v) is 6.86. The zero-order valence-corrected chi connectivity index (χ0v) is 14.1. The summed E-state index contributed by atoms with van der Waals surface area (Å²) in [6.45, 7) is 0. The number of aliphatic hydroxyl groups excluding tert-OH is 2. The van der Waals surface area contributed by atoms with Gasteiger partial charge in [0.05, 0.1) is 11.5 Å². The van der Waals surface area contributed by atoms with Gasteiger partial charge in [-0.25, -0.2) is 0 Å². The molecule has 7 rings (SSSR count). The van der Waals surface area contributed by atoms with Crippen LogP contribution in [0.4, 0.5) is 0 Å². The van der Waals surface area contributed by atoms with Crippen LogP contribution >= 0.6 is 0 Å². The molecule has 6 atom stereocenters. The number of ether oxygens (including phenoxy) is 4. The molecule has 2 aliphatic carbocycles. The Bertz CT molecular complexity index is 1010. The van der Waals surface area contributed by atoms with E-state index >= 15 is 0 Å². The van der Waals surface area contributed by atoms with Crippen molar-refractivity contribution in [3.8, 4) is 11.5 Å². The fraction of sp³-hybridized carbons (Fsp3) is 0.450. The van der Waals surface area contributed by atoms with Gasteiger partial charge in [0.25, 0.3) is 0 Å². The van der Waals surface area contributed by atoms with E-state index in [0.29, 0.717) is 11.5 Å². The minimum atomic E-state index is -1.58. The summed E-state index contributed by atoms with van der Waals surface area (Å²) in [5.74, 6) is -0.636. The Hall–Kier alpha value is -2.19. The lowest BCUT2D eigenvalue weighted by atomic mass is 9.64. The molecule has 2 saturated heterocycles. The van der Waals surface area contributed by atoms with E-state index in [4.69, 9.17) is 18.9 Å². The second-order valence-electron chi connectivity index (χ2n) is 8.00. The number of fused-ring (bicyclic) bond motifs is 2. The van der Waals surface area contributed by atoms with Crippen molar-refractivity contribution in [2.24, 2.45) is 0 Å². The number of hydrogen-bond acceptors (Lipinski definition) is 7. The van der Waals surface area contributed by atoms with Gasteiger partial charge < -0.3 is 29.2 Å². The van der Waals surface area contributed by atoms with E-state index in [1.54, 1.807) is 0 Å². The van der Waals surface area contributed by atoms with Gasteiger partial charge in [-0.2, -0.15) is 0 Å². The number of carbonyl (C=O) groups excluding carboxylic acids is 1. The van der Waals surface area contributed by atoms with Gasteiger partial charge in [0, 0.05) is 6.42 Å². The zero-order chi connectivity index (χ0) is 18.2. The van der Waals surface area contributed by atoms with E-state index in [1.165, 1.54) is 0 Å². The fourth-order valence-corrected chi connectivity index (χ4v) is 5.63. The van der Waals surface area contributed by atoms with Crippen LogP contribution < -0.4 is 9.47 Å². The molecule has 0 aromatic heterocycles. The maximum atomic E-state index is 13.1. The molecule has 5 aliphatic rings. The van der Waals surface area contributed by atoms with Crippen molar-refractivity contribution >= 4 is 16.6 Å². The molecule has 27 heavy (non-hydrogen) atoms. The summed E-state index contributed by atoms with van der Waals surface area (Å²) in [5, 5.41) is 23.2. The second-order valence-corrected chi connectivity index (χ2v) is 8.00. The first kappa shape index (κ1) is 14.8. The Kier molecular flexibility index (Phi) is 2.26. The average Bonchev–Trinajstić information content (AvgIpc) is 3.57. The van der Waals surface area contributed by atoms with Crippen molar-refractivity contribution < 1.29 is 34.0 Å². The summed E-state index contributed by atoms with van der Waals surface area (Å²) < 4.78 is 24.4. The molecule has 3 aliphatic heterocycles. The Morgan fingerprint density at radius 1 is 1.04 bits per heavy atom. The summed E-state index contributed by atoms with van der Waals surface area (Å²) in [6, 6.07) is 11.3. The third-order valence-electron chi connectivity index (χ3n) is 6.86. The molecular weight excluding hydrogens is 352 g/mol. The summed E-state index contributed by atoms with van der Waals surface area (Å²) >= 11 is 0. The Balaban J connectivity index is 1.49. The molecule has 1 spiro atoms. The van der Waals surface area contributed by atoms with Crippen LogP contribution in [0.25, 0.3) is 10.8 Å². The van der Waals surface area contributed by atoms with Crippen molar-refractivity contribution in [1.29, 1.82) is 0 Å². The molecule has 7 nitrogen and oxygen atoms in total. The monoisotopic (exact) mass is 368 g/mol. The van der Waals surface area contributed by atoms with Crippen molar-refractivity contribution in [2.45, 2.75) is 54.2 Å².